The van der Waals surface area contributed by atoms with Crippen LogP contribution in [0.4, 0.5) is 0 Å². The minimum Gasteiger partial charge on any atom is -0.393 e. The monoisotopic (exact) mass is 430 g/mol. The molecule has 10 atom stereocenters. The first-order chi connectivity index (χ1) is 14.4. The zero-order valence-electron chi connectivity index (χ0n) is 20.6. The summed E-state index contributed by atoms with van der Waals surface area (Å²) in [6.07, 6.45) is 12.1. The van der Waals surface area contributed by atoms with Gasteiger partial charge < -0.3 is 15.3 Å². The molecular formula is C28H46O3. The Morgan fingerprint density at radius 3 is 2.32 bits per heavy atom. The average molecular weight is 431 g/mol. The molecule has 31 heavy (non-hydrogen) atoms. The topological polar surface area (TPSA) is 60.7 Å². The van der Waals surface area contributed by atoms with Crippen LogP contribution >= 0.6 is 0 Å². The maximum Gasteiger partial charge on any atom is 0.102 e. The second-order valence-corrected chi connectivity index (χ2v) is 12.5. The van der Waals surface area contributed by atoms with E-state index in [4.69, 9.17) is 0 Å². The lowest BCUT2D eigenvalue weighted by atomic mass is 9.45. The Bertz CT molecular complexity index is 741. The third-order valence-corrected chi connectivity index (χ3v) is 10.7. The maximum absolute atomic E-state index is 11.6. The molecule has 1 unspecified atom stereocenters. The SMILES string of the molecule is CC(C)[C@@H](C)/C=C/[C@@H](C)[C@H]1CC[C@H]2C3=C[C@H](O)[C@@]4(O)C[C@@H](O)CC[C@]4(C)C3CC[C@]12C. The van der Waals surface area contributed by atoms with Crippen LogP contribution in [0, 0.1) is 46.3 Å². The van der Waals surface area contributed by atoms with Gasteiger partial charge in [0.2, 0.25) is 0 Å². The van der Waals surface area contributed by atoms with Crippen LogP contribution in [0.2, 0.25) is 0 Å². The summed E-state index contributed by atoms with van der Waals surface area (Å²) < 4.78 is 0. The zero-order valence-corrected chi connectivity index (χ0v) is 20.6. The molecule has 0 amide bonds. The number of hydrogen-bond acceptors (Lipinski definition) is 3. The van der Waals surface area contributed by atoms with Crippen molar-refractivity contribution in [3.8, 4) is 0 Å². The number of aliphatic hydroxyl groups is 3. The molecular weight excluding hydrogens is 384 g/mol. The summed E-state index contributed by atoms with van der Waals surface area (Å²) in [5.41, 5.74) is 0.160. The quantitative estimate of drug-likeness (QED) is 0.516. The highest BCUT2D eigenvalue weighted by molar-refractivity contribution is 5.33. The van der Waals surface area contributed by atoms with Gasteiger partial charge >= 0.3 is 0 Å². The van der Waals surface area contributed by atoms with Crippen molar-refractivity contribution in [2.45, 2.75) is 104 Å². The fourth-order valence-corrected chi connectivity index (χ4v) is 8.16. The van der Waals surface area contributed by atoms with E-state index in [-0.39, 0.29) is 10.8 Å². The summed E-state index contributed by atoms with van der Waals surface area (Å²) in [6.45, 7) is 14.0. The Kier molecular flexibility index (Phi) is 6.06. The van der Waals surface area contributed by atoms with Gasteiger partial charge in [0.15, 0.2) is 0 Å². The van der Waals surface area contributed by atoms with Gasteiger partial charge in [-0.2, -0.15) is 0 Å². The van der Waals surface area contributed by atoms with E-state index in [0.29, 0.717) is 41.9 Å². The van der Waals surface area contributed by atoms with E-state index in [9.17, 15) is 15.3 Å². The van der Waals surface area contributed by atoms with E-state index in [1.54, 1.807) is 0 Å². The molecule has 0 saturated heterocycles. The van der Waals surface area contributed by atoms with Crippen LogP contribution < -0.4 is 0 Å². The van der Waals surface area contributed by atoms with E-state index < -0.39 is 17.8 Å². The molecule has 0 radical (unpaired) electrons. The highest BCUT2D eigenvalue weighted by Gasteiger charge is 2.64. The van der Waals surface area contributed by atoms with Crippen molar-refractivity contribution in [1.82, 2.24) is 0 Å². The Hall–Kier alpha value is -0.640. The Morgan fingerprint density at radius 2 is 1.65 bits per heavy atom. The van der Waals surface area contributed by atoms with Crippen LogP contribution in [0.5, 0.6) is 0 Å². The summed E-state index contributed by atoms with van der Waals surface area (Å²) in [7, 11) is 0. The molecule has 0 bridgehead atoms. The van der Waals surface area contributed by atoms with E-state index in [1.165, 1.54) is 24.8 Å². The van der Waals surface area contributed by atoms with Gasteiger partial charge in [0.25, 0.3) is 0 Å². The first kappa shape index (κ1) is 23.5. The molecule has 0 aromatic carbocycles. The van der Waals surface area contributed by atoms with Gasteiger partial charge in [-0.25, -0.2) is 0 Å². The molecule has 3 saturated carbocycles. The summed E-state index contributed by atoms with van der Waals surface area (Å²) >= 11 is 0. The van der Waals surface area contributed by atoms with Crippen LogP contribution in [-0.2, 0) is 0 Å². The van der Waals surface area contributed by atoms with Gasteiger partial charge in [0.1, 0.15) is 11.7 Å². The second kappa shape index (κ2) is 7.99. The normalized spacial score (nSPS) is 49.4. The molecule has 0 aromatic heterocycles. The highest BCUT2D eigenvalue weighted by atomic mass is 16.3. The maximum atomic E-state index is 11.6. The minimum absolute atomic E-state index is 0.271. The molecule has 0 aromatic rings. The Labute approximate surface area is 190 Å². The number of allylic oxidation sites excluding steroid dienone is 3. The molecule has 4 rings (SSSR count). The predicted molar refractivity (Wildman–Crippen MR) is 126 cm³/mol. The fraction of sp³-hybridized carbons (Fsp3) is 0.857. The number of fused-ring (bicyclic) bond motifs is 5. The van der Waals surface area contributed by atoms with Gasteiger partial charge in [0.05, 0.1) is 6.10 Å². The van der Waals surface area contributed by atoms with Gasteiger partial charge in [-0.3, -0.25) is 0 Å². The number of hydrogen-bond donors (Lipinski definition) is 3. The zero-order chi connectivity index (χ0) is 22.8. The number of rotatable bonds is 4. The first-order valence-corrected chi connectivity index (χ1v) is 12.9. The van der Waals surface area contributed by atoms with E-state index in [1.807, 2.05) is 6.08 Å². The molecule has 0 spiro atoms. The van der Waals surface area contributed by atoms with Crippen LogP contribution in [0.25, 0.3) is 0 Å². The average Bonchev–Trinajstić information content (AvgIpc) is 3.05. The summed E-state index contributed by atoms with van der Waals surface area (Å²) in [6, 6.07) is 0. The smallest absolute Gasteiger partial charge is 0.102 e. The van der Waals surface area contributed by atoms with Gasteiger partial charge in [0, 0.05) is 11.8 Å². The lowest BCUT2D eigenvalue weighted by Gasteiger charge is -2.62. The van der Waals surface area contributed by atoms with Crippen LogP contribution in [0.15, 0.2) is 23.8 Å². The van der Waals surface area contributed by atoms with Crippen molar-refractivity contribution in [1.29, 1.82) is 0 Å². The van der Waals surface area contributed by atoms with Gasteiger partial charge in [-0.15, -0.1) is 0 Å². The summed E-state index contributed by atoms with van der Waals surface area (Å²) in [5, 5.41) is 32.9. The lowest BCUT2D eigenvalue weighted by Crippen LogP contribution is -2.65. The van der Waals surface area contributed by atoms with Crippen molar-refractivity contribution in [3.05, 3.63) is 23.8 Å². The molecule has 176 valence electrons. The van der Waals surface area contributed by atoms with Gasteiger partial charge in [-0.05, 0) is 79.4 Å². The van der Waals surface area contributed by atoms with E-state index in [0.717, 1.165) is 19.3 Å². The molecule has 3 heteroatoms. The summed E-state index contributed by atoms with van der Waals surface area (Å²) in [5.74, 6) is 3.37. The third-order valence-electron chi connectivity index (χ3n) is 10.7. The number of aliphatic hydroxyl groups excluding tert-OH is 2. The lowest BCUT2D eigenvalue weighted by molar-refractivity contribution is -0.210. The summed E-state index contributed by atoms with van der Waals surface area (Å²) in [4.78, 5) is 0. The van der Waals surface area contributed by atoms with Crippen LogP contribution in [0.3, 0.4) is 0 Å². The molecule has 0 heterocycles. The molecule has 3 nitrogen and oxygen atoms in total. The van der Waals surface area contributed by atoms with E-state index >= 15 is 0 Å². The standard InChI is InChI=1S/C28H46O3/c1-17(2)18(3)7-8-19(4)22-9-10-23-21-15-25(30)28(31)16-20(29)11-14-27(28,6)24(21)12-13-26(22,23)5/h7-8,15,17-20,22-25,29-31H,9-14,16H2,1-6H3/b8-7+/t18-,19+,20-,22+,23-,24?,25-,26+,27+,28-/m0/s1. The van der Waals surface area contributed by atoms with Crippen molar-refractivity contribution < 1.29 is 15.3 Å². The fourth-order valence-electron chi connectivity index (χ4n) is 8.16. The Morgan fingerprint density at radius 1 is 0.935 bits per heavy atom. The van der Waals surface area contributed by atoms with E-state index in [2.05, 4.69) is 53.7 Å². The van der Waals surface area contributed by atoms with Crippen molar-refractivity contribution >= 4 is 0 Å². The van der Waals surface area contributed by atoms with Crippen LogP contribution in [0.1, 0.15) is 86.5 Å². The molecule has 0 aliphatic heterocycles. The van der Waals surface area contributed by atoms with Crippen molar-refractivity contribution in [2.24, 2.45) is 46.3 Å². The molecule has 4 aliphatic rings. The Balaban J connectivity index is 1.61. The largest absolute Gasteiger partial charge is 0.393 e. The van der Waals surface area contributed by atoms with Crippen molar-refractivity contribution in [3.63, 3.8) is 0 Å². The molecule has 3 N–H and O–H groups in total. The van der Waals surface area contributed by atoms with Crippen molar-refractivity contribution in [2.75, 3.05) is 0 Å². The second-order valence-electron chi connectivity index (χ2n) is 12.5. The minimum atomic E-state index is -1.20. The van der Waals surface area contributed by atoms with Crippen LogP contribution in [-0.4, -0.2) is 33.1 Å². The molecule has 4 aliphatic carbocycles. The molecule has 3 fully saturated rings. The van der Waals surface area contributed by atoms with Gasteiger partial charge in [-0.1, -0.05) is 65.3 Å². The first-order valence-electron chi connectivity index (χ1n) is 12.9. The predicted octanol–water partition coefficient (Wildman–Crippen LogP) is 5.50. The third kappa shape index (κ3) is 3.49. The highest BCUT2D eigenvalue weighted by Crippen LogP contribution is 2.67.